The van der Waals surface area contributed by atoms with E-state index in [-0.39, 0.29) is 40.6 Å². The van der Waals surface area contributed by atoms with E-state index in [4.69, 9.17) is 5.11 Å². The molecule has 6 heavy (non-hydrogen) atoms. The number of aliphatic carboxylic acids is 1. The van der Waals surface area contributed by atoms with Crippen LogP contribution in [-0.2, 0) is 4.79 Å². The molecule has 0 spiro atoms. The number of carboxylic acid groups (broad SMARTS) is 1. The predicted molar refractivity (Wildman–Crippen MR) is 25.8 cm³/mol. The van der Waals surface area contributed by atoms with E-state index in [9.17, 15) is 4.79 Å². The topological polar surface area (TPSA) is 37.3 Å². The zero-order valence-electron chi connectivity index (χ0n) is 5.35. The van der Waals surface area contributed by atoms with Gasteiger partial charge in [0.1, 0.15) is 0 Å². The Bertz CT molecular complexity index is 66.3. The first-order valence-electron chi connectivity index (χ1n) is 1.12. The third-order valence-corrected chi connectivity index (χ3v) is 0.175. The Labute approximate surface area is 68.8 Å². The second-order valence-electron chi connectivity index (χ2n) is 0.542. The summed E-state index contributed by atoms with van der Waals surface area (Å²) in [5, 5.41) is 7.60. The number of rotatable bonds is 1. The Kier molecular flexibility index (Phi) is 8.83. The second-order valence-corrected chi connectivity index (χ2v) is 0.542. The maximum absolute atomic E-state index is 9.25. The Hall–Kier alpha value is 0.470. The molecule has 0 radical (unpaired) electrons. The van der Waals surface area contributed by atoms with Gasteiger partial charge in [0, 0.05) is 6.08 Å². The Balaban J connectivity index is -0.0000000267. The van der Waals surface area contributed by atoms with Crippen molar-refractivity contribution in [2.45, 2.75) is 0 Å². The van der Waals surface area contributed by atoms with Crippen molar-refractivity contribution in [3.63, 3.8) is 0 Å². The van der Waals surface area contributed by atoms with Crippen molar-refractivity contribution in [3.05, 3.63) is 12.7 Å². The van der Waals surface area contributed by atoms with Crippen LogP contribution < -0.4 is 0 Å². The van der Waals surface area contributed by atoms with Crippen LogP contribution in [0.5, 0.6) is 0 Å². The van der Waals surface area contributed by atoms with Crippen molar-refractivity contribution < 1.29 is 12.8 Å². The molecule has 0 heterocycles. The average molecular weight is 114 g/mol. The summed E-state index contributed by atoms with van der Waals surface area (Å²) >= 11 is 0. The van der Waals surface area contributed by atoms with Crippen molar-refractivity contribution in [1.82, 2.24) is 0 Å². The molecule has 0 amide bonds. The third kappa shape index (κ3) is 8.82. The molecule has 3 heteroatoms. The smallest absolute Gasteiger partial charge is 1.00 e. The van der Waals surface area contributed by atoms with Gasteiger partial charge in [-0.2, -0.15) is 0 Å². The molecule has 0 atom stereocenters. The molecule has 0 aromatic carbocycles. The van der Waals surface area contributed by atoms with Crippen LogP contribution in [0.25, 0.3) is 0 Å². The van der Waals surface area contributed by atoms with Gasteiger partial charge in [0.05, 0.1) is 0 Å². The molecule has 0 aromatic rings. The van der Waals surface area contributed by atoms with Crippen molar-refractivity contribution >= 4 is 43.7 Å². The number of carbonyl (C=O) groups is 1. The monoisotopic (exact) mass is 114 g/mol. The van der Waals surface area contributed by atoms with Crippen molar-refractivity contribution in [2.75, 3.05) is 0 Å². The molecule has 0 aliphatic heterocycles. The Morgan fingerprint density at radius 3 is 2.17 bits per heavy atom. The van der Waals surface area contributed by atoms with E-state index >= 15 is 0 Å². The molecular weight excluding hydrogens is 108 g/mol. The summed E-state index contributed by atoms with van der Waals surface area (Å²) in [6, 6.07) is 0. The predicted octanol–water partition coefficient (Wildman–Crippen LogP) is 0.101. The molecule has 2 nitrogen and oxygen atoms in total. The fourth-order valence-corrected chi connectivity index (χ4v) is 0. The molecule has 0 aromatic heterocycles. The van der Waals surface area contributed by atoms with E-state index in [1.54, 1.807) is 0 Å². The minimum Gasteiger partial charge on any atom is -1.00 e. The maximum atomic E-state index is 9.25. The first-order chi connectivity index (χ1) is 2.27. The van der Waals surface area contributed by atoms with Gasteiger partial charge in [-0.1, -0.05) is 6.58 Å². The van der Waals surface area contributed by atoms with E-state index in [0.29, 0.717) is 0 Å². The molecule has 0 aliphatic rings. The van der Waals surface area contributed by atoms with Gasteiger partial charge >= 0.3 is 43.7 Å². The van der Waals surface area contributed by atoms with Crippen LogP contribution in [0, 0.1) is 0 Å². The summed E-state index contributed by atoms with van der Waals surface area (Å²) < 4.78 is 0. The molecule has 0 bridgehead atoms. The van der Waals surface area contributed by atoms with Gasteiger partial charge in [0.25, 0.3) is 0 Å². The van der Waals surface area contributed by atoms with E-state index in [0.717, 1.165) is 6.08 Å². The van der Waals surface area contributed by atoms with E-state index in [1.807, 2.05) is 0 Å². The molecule has 0 unspecified atom stereocenters. The van der Waals surface area contributed by atoms with Gasteiger partial charge < -0.3 is 7.96 Å². The minimum atomic E-state index is -0.981. The van der Waals surface area contributed by atoms with Crippen molar-refractivity contribution in [3.8, 4) is 0 Å². The molecule has 0 rings (SSSR count). The largest absolute Gasteiger partial charge is 2.00 e. The van der Waals surface area contributed by atoms with Crippen LogP contribution in [0.2, 0.25) is 0 Å². The van der Waals surface area contributed by atoms with Crippen LogP contribution in [0.1, 0.15) is 2.85 Å². The molecule has 0 saturated carbocycles. The summed E-state index contributed by atoms with van der Waals surface area (Å²) in [4.78, 5) is 9.25. The summed E-state index contributed by atoms with van der Waals surface area (Å²) in [5.41, 5.74) is 0. The van der Waals surface area contributed by atoms with Crippen molar-refractivity contribution in [2.24, 2.45) is 0 Å². The van der Waals surface area contributed by atoms with Gasteiger partial charge in [-0.3, -0.25) is 0 Å². The second kappa shape index (κ2) is 5.47. The SMILES string of the molecule is C=CC(=O)O.[Ca+2].[H-].[H-]. The van der Waals surface area contributed by atoms with Gasteiger partial charge in [-0.25, -0.2) is 4.79 Å². The average Bonchev–Trinajstić information content (AvgIpc) is 1.38. The van der Waals surface area contributed by atoms with Crippen molar-refractivity contribution in [1.29, 1.82) is 0 Å². The van der Waals surface area contributed by atoms with Crippen LogP contribution in [0.3, 0.4) is 0 Å². The minimum absolute atomic E-state index is 0. The van der Waals surface area contributed by atoms with Gasteiger partial charge in [-0.15, -0.1) is 0 Å². The first-order valence-corrected chi connectivity index (χ1v) is 1.12. The summed E-state index contributed by atoms with van der Waals surface area (Å²) in [7, 11) is 0. The van der Waals surface area contributed by atoms with Crippen LogP contribution >= 0.6 is 0 Å². The number of hydrogen-bond donors (Lipinski definition) is 1. The van der Waals surface area contributed by atoms with Gasteiger partial charge in [0.2, 0.25) is 0 Å². The number of hydrogen-bond acceptors (Lipinski definition) is 1. The van der Waals surface area contributed by atoms with Crippen LogP contribution in [0.15, 0.2) is 12.7 Å². The van der Waals surface area contributed by atoms with E-state index < -0.39 is 5.97 Å². The van der Waals surface area contributed by atoms with Crippen LogP contribution in [-0.4, -0.2) is 48.8 Å². The fraction of sp³-hybridized carbons (Fsp3) is 0. The quantitative estimate of drug-likeness (QED) is 0.388. The normalized spacial score (nSPS) is 5.33. The van der Waals surface area contributed by atoms with E-state index in [2.05, 4.69) is 6.58 Å². The zero-order valence-corrected chi connectivity index (χ0v) is 5.56. The van der Waals surface area contributed by atoms with Gasteiger partial charge in [0.15, 0.2) is 0 Å². The third-order valence-electron chi connectivity index (χ3n) is 0.175. The standard InChI is InChI=1S/C3H4O2.Ca.2H/c1-2-3(4)5;;;/h2H,1H2,(H,4,5);;;/q;+2;2*-1. The molecule has 32 valence electrons. The summed E-state index contributed by atoms with van der Waals surface area (Å²) in [6.45, 7) is 2.96. The molecule has 1 N–H and O–H groups in total. The van der Waals surface area contributed by atoms with Crippen LogP contribution in [0.4, 0.5) is 0 Å². The Morgan fingerprint density at radius 1 is 2.00 bits per heavy atom. The molecule has 0 fully saturated rings. The first kappa shape index (κ1) is 9.69. The molecular formula is C3H6CaO2. The Morgan fingerprint density at radius 2 is 2.17 bits per heavy atom. The van der Waals surface area contributed by atoms with Gasteiger partial charge in [-0.05, 0) is 0 Å². The fourth-order valence-electron chi connectivity index (χ4n) is 0. The number of carboxylic acids is 1. The molecule has 0 saturated heterocycles. The maximum Gasteiger partial charge on any atom is 2.00 e. The van der Waals surface area contributed by atoms with E-state index in [1.165, 1.54) is 0 Å². The zero-order chi connectivity index (χ0) is 4.28. The molecule has 0 aliphatic carbocycles. The summed E-state index contributed by atoms with van der Waals surface area (Å²) in [6.07, 6.45) is 0.833. The summed E-state index contributed by atoms with van der Waals surface area (Å²) in [5.74, 6) is -0.981.